The van der Waals surface area contributed by atoms with Gasteiger partial charge in [0, 0.05) is 13.0 Å². The fourth-order valence-corrected chi connectivity index (χ4v) is 2.54. The van der Waals surface area contributed by atoms with Crippen molar-refractivity contribution in [2.24, 2.45) is 0 Å². The van der Waals surface area contributed by atoms with Crippen LogP contribution in [0.25, 0.3) is 0 Å². The second-order valence-corrected chi connectivity index (χ2v) is 5.34. The Kier molecular flexibility index (Phi) is 5.75. The molecular formula is C16H22N2O3. The van der Waals surface area contributed by atoms with Crippen LogP contribution in [0.2, 0.25) is 0 Å². The highest BCUT2D eigenvalue weighted by atomic mass is 16.3. The summed E-state index contributed by atoms with van der Waals surface area (Å²) in [5.41, 5.74) is 0.857. The second kappa shape index (κ2) is 7.78. The van der Waals surface area contributed by atoms with Gasteiger partial charge in [0.1, 0.15) is 0 Å². The molecule has 0 aromatic heterocycles. The summed E-state index contributed by atoms with van der Waals surface area (Å²) >= 11 is 0. The van der Waals surface area contributed by atoms with Crippen LogP contribution in [-0.2, 0) is 9.59 Å². The SMILES string of the molecule is O=C(CN1CCCCCC1=O)N[C@H](CO)c1ccccc1. The quantitative estimate of drug-likeness (QED) is 0.857. The van der Waals surface area contributed by atoms with Crippen molar-refractivity contribution < 1.29 is 14.7 Å². The minimum atomic E-state index is -0.430. The molecule has 1 saturated heterocycles. The van der Waals surface area contributed by atoms with Gasteiger partial charge in [0.15, 0.2) is 0 Å². The molecule has 1 atom stereocenters. The molecule has 1 aliphatic heterocycles. The number of aliphatic hydroxyl groups excluding tert-OH is 1. The lowest BCUT2D eigenvalue weighted by Gasteiger charge is -2.22. The van der Waals surface area contributed by atoms with E-state index in [1.54, 1.807) is 4.90 Å². The van der Waals surface area contributed by atoms with Crippen LogP contribution in [0.3, 0.4) is 0 Å². The summed E-state index contributed by atoms with van der Waals surface area (Å²) < 4.78 is 0. The van der Waals surface area contributed by atoms with Crippen LogP contribution in [-0.4, -0.2) is 41.5 Å². The van der Waals surface area contributed by atoms with Gasteiger partial charge in [-0.15, -0.1) is 0 Å². The van der Waals surface area contributed by atoms with Crippen LogP contribution in [0.4, 0.5) is 0 Å². The number of nitrogens with one attached hydrogen (secondary N) is 1. The molecule has 0 unspecified atom stereocenters. The minimum absolute atomic E-state index is 0.0444. The molecule has 1 aliphatic rings. The predicted octanol–water partition coefficient (Wildman–Crippen LogP) is 1.24. The lowest BCUT2D eigenvalue weighted by Crippen LogP contribution is -2.42. The lowest BCUT2D eigenvalue weighted by molar-refractivity contribution is -0.135. The van der Waals surface area contributed by atoms with Crippen LogP contribution >= 0.6 is 0 Å². The normalized spacial score (nSPS) is 17.2. The third-order valence-electron chi connectivity index (χ3n) is 3.73. The number of aliphatic hydroxyl groups is 1. The van der Waals surface area contributed by atoms with Crippen molar-refractivity contribution in [3.63, 3.8) is 0 Å². The summed E-state index contributed by atoms with van der Waals surface area (Å²) in [6.45, 7) is 0.549. The Morgan fingerprint density at radius 2 is 2.00 bits per heavy atom. The molecule has 2 amide bonds. The first-order valence-electron chi connectivity index (χ1n) is 7.43. The van der Waals surface area contributed by atoms with E-state index in [1.165, 1.54) is 0 Å². The van der Waals surface area contributed by atoms with Gasteiger partial charge in [0.25, 0.3) is 0 Å². The summed E-state index contributed by atoms with van der Waals surface area (Å²) in [7, 11) is 0. The van der Waals surface area contributed by atoms with Gasteiger partial charge in [0.05, 0.1) is 19.2 Å². The monoisotopic (exact) mass is 290 g/mol. The zero-order valence-corrected chi connectivity index (χ0v) is 12.1. The summed E-state index contributed by atoms with van der Waals surface area (Å²) in [5.74, 6) is -0.184. The zero-order valence-electron chi connectivity index (χ0n) is 12.1. The number of benzene rings is 1. The fourth-order valence-electron chi connectivity index (χ4n) is 2.54. The van der Waals surface area contributed by atoms with E-state index < -0.39 is 6.04 Å². The summed E-state index contributed by atoms with van der Waals surface area (Å²) in [6.07, 6.45) is 3.41. The number of carbonyl (C=O) groups is 2. The van der Waals surface area contributed by atoms with E-state index in [4.69, 9.17) is 0 Å². The average Bonchev–Trinajstić information content (AvgIpc) is 2.71. The molecule has 0 radical (unpaired) electrons. The van der Waals surface area contributed by atoms with Gasteiger partial charge in [0.2, 0.25) is 11.8 Å². The largest absolute Gasteiger partial charge is 0.394 e. The topological polar surface area (TPSA) is 69.6 Å². The van der Waals surface area contributed by atoms with Gasteiger partial charge in [-0.1, -0.05) is 36.8 Å². The van der Waals surface area contributed by atoms with Crippen LogP contribution in [0.15, 0.2) is 30.3 Å². The molecule has 2 rings (SSSR count). The third-order valence-corrected chi connectivity index (χ3v) is 3.73. The number of nitrogens with zero attached hydrogens (tertiary/aromatic N) is 1. The molecule has 5 heteroatoms. The number of hydrogen-bond acceptors (Lipinski definition) is 3. The smallest absolute Gasteiger partial charge is 0.240 e. The maximum absolute atomic E-state index is 12.1. The van der Waals surface area contributed by atoms with Crippen molar-refractivity contribution >= 4 is 11.8 Å². The number of hydrogen-bond donors (Lipinski definition) is 2. The molecule has 2 N–H and O–H groups in total. The van der Waals surface area contributed by atoms with Crippen LogP contribution in [0.1, 0.15) is 37.3 Å². The van der Waals surface area contributed by atoms with E-state index in [0.717, 1.165) is 24.8 Å². The van der Waals surface area contributed by atoms with Crippen molar-refractivity contribution in [2.45, 2.75) is 31.7 Å². The lowest BCUT2D eigenvalue weighted by atomic mass is 10.1. The van der Waals surface area contributed by atoms with Crippen LogP contribution in [0.5, 0.6) is 0 Å². The maximum atomic E-state index is 12.1. The van der Waals surface area contributed by atoms with Crippen molar-refractivity contribution in [1.82, 2.24) is 10.2 Å². The minimum Gasteiger partial charge on any atom is -0.394 e. The Hall–Kier alpha value is -1.88. The Balaban J connectivity index is 1.92. The van der Waals surface area contributed by atoms with E-state index in [0.29, 0.717) is 13.0 Å². The summed E-state index contributed by atoms with van der Waals surface area (Å²) in [4.78, 5) is 25.6. The van der Waals surface area contributed by atoms with E-state index in [9.17, 15) is 14.7 Å². The number of rotatable bonds is 5. The van der Waals surface area contributed by atoms with Crippen molar-refractivity contribution in [3.05, 3.63) is 35.9 Å². The number of carbonyl (C=O) groups excluding carboxylic acids is 2. The van der Waals surface area contributed by atoms with E-state index in [-0.39, 0.29) is 25.0 Å². The Labute approximate surface area is 125 Å². The summed E-state index contributed by atoms with van der Waals surface area (Å²) in [5, 5.41) is 12.2. The second-order valence-electron chi connectivity index (χ2n) is 5.34. The van der Waals surface area contributed by atoms with Gasteiger partial charge >= 0.3 is 0 Å². The van der Waals surface area contributed by atoms with Gasteiger partial charge in [-0.05, 0) is 18.4 Å². The molecule has 0 aliphatic carbocycles. The molecular weight excluding hydrogens is 268 g/mol. The fraction of sp³-hybridized carbons (Fsp3) is 0.500. The standard InChI is InChI=1S/C16H22N2O3/c19-12-14(13-7-3-1-4-8-13)17-15(20)11-18-10-6-2-5-9-16(18)21/h1,3-4,7-8,14,19H,2,5-6,9-12H2,(H,17,20)/t14-/m1/s1. The predicted molar refractivity (Wildman–Crippen MR) is 79.5 cm³/mol. The first-order valence-corrected chi connectivity index (χ1v) is 7.43. The van der Waals surface area contributed by atoms with Gasteiger partial charge in [-0.25, -0.2) is 0 Å². The van der Waals surface area contributed by atoms with E-state index in [1.807, 2.05) is 30.3 Å². The first kappa shape index (κ1) is 15.5. The highest BCUT2D eigenvalue weighted by Crippen LogP contribution is 2.13. The first-order chi connectivity index (χ1) is 10.2. The number of amides is 2. The Morgan fingerprint density at radius 1 is 1.24 bits per heavy atom. The molecule has 1 heterocycles. The number of likely N-dealkylation sites (tertiary alicyclic amines) is 1. The zero-order chi connectivity index (χ0) is 15.1. The third kappa shape index (κ3) is 4.56. The molecule has 0 spiro atoms. The maximum Gasteiger partial charge on any atom is 0.240 e. The highest BCUT2D eigenvalue weighted by molar-refractivity contribution is 5.85. The van der Waals surface area contributed by atoms with Crippen LogP contribution < -0.4 is 5.32 Å². The van der Waals surface area contributed by atoms with Gasteiger partial charge in [-0.3, -0.25) is 9.59 Å². The van der Waals surface area contributed by atoms with Gasteiger partial charge in [-0.2, -0.15) is 0 Å². The highest BCUT2D eigenvalue weighted by Gasteiger charge is 2.21. The van der Waals surface area contributed by atoms with Crippen molar-refractivity contribution in [3.8, 4) is 0 Å². The van der Waals surface area contributed by atoms with Crippen molar-refractivity contribution in [1.29, 1.82) is 0 Å². The molecule has 0 saturated carbocycles. The molecule has 1 aromatic carbocycles. The van der Waals surface area contributed by atoms with Crippen molar-refractivity contribution in [2.75, 3.05) is 19.7 Å². The van der Waals surface area contributed by atoms with Gasteiger partial charge < -0.3 is 15.3 Å². The van der Waals surface area contributed by atoms with E-state index >= 15 is 0 Å². The Morgan fingerprint density at radius 3 is 2.71 bits per heavy atom. The molecule has 114 valence electrons. The average molecular weight is 290 g/mol. The summed E-state index contributed by atoms with van der Waals surface area (Å²) in [6, 6.07) is 8.90. The molecule has 5 nitrogen and oxygen atoms in total. The molecule has 1 aromatic rings. The Bertz CT molecular complexity index is 476. The van der Waals surface area contributed by atoms with Crippen LogP contribution in [0, 0.1) is 0 Å². The molecule has 1 fully saturated rings. The molecule has 0 bridgehead atoms. The van der Waals surface area contributed by atoms with E-state index in [2.05, 4.69) is 5.32 Å². The molecule has 21 heavy (non-hydrogen) atoms.